The zero-order valence-electron chi connectivity index (χ0n) is 14.6. The molecule has 0 saturated carbocycles. The van der Waals surface area contributed by atoms with Crippen molar-refractivity contribution in [3.63, 3.8) is 0 Å². The number of unbranched alkanes of at least 4 members (excludes halogenated alkanes) is 2. The summed E-state index contributed by atoms with van der Waals surface area (Å²) in [5.41, 5.74) is 3.18. The molecule has 0 unspecified atom stereocenters. The van der Waals surface area contributed by atoms with Crippen LogP contribution in [0.25, 0.3) is 5.83 Å². The molecule has 0 aliphatic rings. The van der Waals surface area contributed by atoms with Gasteiger partial charge >= 0.3 is 0 Å². The summed E-state index contributed by atoms with van der Waals surface area (Å²) in [4.78, 5) is 0. The summed E-state index contributed by atoms with van der Waals surface area (Å²) < 4.78 is 27.9. The highest BCUT2D eigenvalue weighted by Crippen LogP contribution is 2.25. The lowest BCUT2D eigenvalue weighted by Gasteiger charge is -2.05. The number of nitriles is 1. The SMILES string of the molecule is CCCCC/C(F)=C(/F)c1ccc(CCc2ccc(C#N)cc2)cc1. The van der Waals surface area contributed by atoms with Crippen molar-refractivity contribution < 1.29 is 8.78 Å². The maximum absolute atomic E-state index is 14.1. The average molecular weight is 339 g/mol. The van der Waals surface area contributed by atoms with Gasteiger partial charge in [-0.25, -0.2) is 8.78 Å². The van der Waals surface area contributed by atoms with Crippen molar-refractivity contribution in [2.75, 3.05) is 0 Å². The summed E-state index contributed by atoms with van der Waals surface area (Å²) in [7, 11) is 0. The molecule has 0 aliphatic heterocycles. The minimum atomic E-state index is -0.741. The van der Waals surface area contributed by atoms with Crippen molar-refractivity contribution in [3.8, 4) is 6.07 Å². The van der Waals surface area contributed by atoms with Crippen molar-refractivity contribution in [1.29, 1.82) is 5.26 Å². The van der Waals surface area contributed by atoms with E-state index < -0.39 is 11.7 Å². The number of hydrogen-bond acceptors (Lipinski definition) is 1. The number of hydrogen-bond donors (Lipinski definition) is 0. The topological polar surface area (TPSA) is 23.8 Å². The van der Waals surface area contributed by atoms with Crippen LogP contribution in [0.4, 0.5) is 8.78 Å². The van der Waals surface area contributed by atoms with Gasteiger partial charge in [0, 0.05) is 12.0 Å². The van der Waals surface area contributed by atoms with E-state index in [1.54, 1.807) is 24.3 Å². The first-order valence-corrected chi connectivity index (χ1v) is 8.76. The first kappa shape index (κ1) is 18.9. The number of rotatable bonds is 8. The molecule has 0 aliphatic carbocycles. The molecule has 2 aromatic carbocycles. The molecule has 0 N–H and O–H groups in total. The second-order valence-corrected chi connectivity index (χ2v) is 6.18. The van der Waals surface area contributed by atoms with Crippen LogP contribution in [0.5, 0.6) is 0 Å². The van der Waals surface area contributed by atoms with Crippen molar-refractivity contribution in [3.05, 3.63) is 76.6 Å². The minimum absolute atomic E-state index is 0.167. The van der Waals surface area contributed by atoms with E-state index in [1.807, 2.05) is 31.2 Å². The minimum Gasteiger partial charge on any atom is -0.209 e. The number of halogens is 2. The van der Waals surface area contributed by atoms with Crippen LogP contribution < -0.4 is 0 Å². The summed E-state index contributed by atoms with van der Waals surface area (Å²) in [6.45, 7) is 2.04. The largest absolute Gasteiger partial charge is 0.209 e. The summed E-state index contributed by atoms with van der Waals surface area (Å²) in [6, 6.07) is 16.6. The Morgan fingerprint density at radius 2 is 1.44 bits per heavy atom. The molecule has 1 nitrogen and oxygen atoms in total. The molecule has 0 radical (unpaired) electrons. The quantitative estimate of drug-likeness (QED) is 0.501. The Hall–Kier alpha value is -2.47. The van der Waals surface area contributed by atoms with Crippen molar-refractivity contribution in [2.24, 2.45) is 0 Å². The smallest absolute Gasteiger partial charge is 0.161 e. The summed E-state index contributed by atoms with van der Waals surface area (Å²) in [5, 5.41) is 8.80. The fourth-order valence-electron chi connectivity index (χ4n) is 2.65. The third kappa shape index (κ3) is 5.83. The molecule has 0 atom stereocenters. The van der Waals surface area contributed by atoms with Gasteiger partial charge < -0.3 is 0 Å². The highest BCUT2D eigenvalue weighted by molar-refractivity contribution is 5.61. The number of aryl methyl sites for hydroxylation is 2. The van der Waals surface area contributed by atoms with Gasteiger partial charge in [-0.05, 0) is 42.5 Å². The van der Waals surface area contributed by atoms with Gasteiger partial charge in [0.15, 0.2) is 5.83 Å². The van der Waals surface area contributed by atoms with E-state index >= 15 is 0 Å². The molecular formula is C22H23F2N. The van der Waals surface area contributed by atoms with Gasteiger partial charge in [-0.1, -0.05) is 56.2 Å². The molecule has 0 bridgehead atoms. The molecule has 0 aromatic heterocycles. The van der Waals surface area contributed by atoms with Crippen LogP contribution in [0.1, 0.15) is 54.9 Å². The number of nitrogens with zero attached hydrogens (tertiary/aromatic N) is 1. The first-order chi connectivity index (χ1) is 12.1. The first-order valence-electron chi connectivity index (χ1n) is 8.76. The lowest BCUT2D eigenvalue weighted by atomic mass is 10.0. The van der Waals surface area contributed by atoms with E-state index in [-0.39, 0.29) is 6.42 Å². The van der Waals surface area contributed by atoms with Crippen LogP contribution in [-0.2, 0) is 12.8 Å². The molecular weight excluding hydrogens is 316 g/mol. The van der Waals surface area contributed by atoms with Crippen LogP contribution in [0.3, 0.4) is 0 Å². The van der Waals surface area contributed by atoms with E-state index in [1.165, 1.54) is 0 Å². The molecule has 2 rings (SSSR count). The van der Waals surface area contributed by atoms with Crippen molar-refractivity contribution in [1.82, 2.24) is 0 Å². The second-order valence-electron chi connectivity index (χ2n) is 6.18. The molecule has 0 saturated heterocycles. The van der Waals surface area contributed by atoms with Crippen molar-refractivity contribution >= 4 is 5.83 Å². The highest BCUT2D eigenvalue weighted by Gasteiger charge is 2.09. The van der Waals surface area contributed by atoms with E-state index in [9.17, 15) is 8.78 Å². The second kappa shape index (κ2) is 9.74. The number of allylic oxidation sites excluding steroid dienone is 1. The predicted molar refractivity (Wildman–Crippen MR) is 98.3 cm³/mol. The maximum atomic E-state index is 14.1. The lowest BCUT2D eigenvalue weighted by Crippen LogP contribution is -1.92. The van der Waals surface area contributed by atoms with Gasteiger partial charge in [-0.3, -0.25) is 0 Å². The molecule has 25 heavy (non-hydrogen) atoms. The van der Waals surface area contributed by atoms with Crippen molar-refractivity contribution in [2.45, 2.75) is 45.4 Å². The molecule has 0 amide bonds. The van der Waals surface area contributed by atoms with Crippen LogP contribution >= 0.6 is 0 Å². The van der Waals surface area contributed by atoms with Crippen LogP contribution in [0.2, 0.25) is 0 Å². The standard InChI is InChI=1S/C22H23F2N/c1-2-3-4-5-21(23)22(24)20-14-12-18(13-15-20)7-6-17-8-10-19(16-25)11-9-17/h8-15H,2-7H2,1H3/b22-21-. The highest BCUT2D eigenvalue weighted by atomic mass is 19.2. The molecule has 2 aromatic rings. The fourth-order valence-corrected chi connectivity index (χ4v) is 2.65. The molecule has 3 heteroatoms. The predicted octanol–water partition coefficient (Wildman–Crippen LogP) is 6.53. The molecule has 130 valence electrons. The van der Waals surface area contributed by atoms with Gasteiger partial charge in [-0.15, -0.1) is 0 Å². The summed E-state index contributed by atoms with van der Waals surface area (Å²) >= 11 is 0. The maximum Gasteiger partial charge on any atom is 0.161 e. The zero-order chi connectivity index (χ0) is 18.1. The Morgan fingerprint density at radius 3 is 1.96 bits per heavy atom. The van der Waals surface area contributed by atoms with Gasteiger partial charge in [0.1, 0.15) is 5.83 Å². The van der Waals surface area contributed by atoms with Crippen LogP contribution in [0.15, 0.2) is 54.4 Å². The van der Waals surface area contributed by atoms with Gasteiger partial charge in [0.2, 0.25) is 0 Å². The third-order valence-electron chi connectivity index (χ3n) is 4.23. The van der Waals surface area contributed by atoms with E-state index in [0.29, 0.717) is 17.5 Å². The average Bonchev–Trinajstić information content (AvgIpc) is 2.66. The lowest BCUT2D eigenvalue weighted by molar-refractivity contribution is 0.541. The third-order valence-corrected chi connectivity index (χ3v) is 4.23. The Balaban J connectivity index is 1.94. The van der Waals surface area contributed by atoms with Gasteiger partial charge in [-0.2, -0.15) is 5.26 Å². The van der Waals surface area contributed by atoms with Crippen LogP contribution in [0, 0.1) is 11.3 Å². The molecule has 0 heterocycles. The van der Waals surface area contributed by atoms with E-state index in [4.69, 9.17) is 5.26 Å². The van der Waals surface area contributed by atoms with Gasteiger partial charge in [0.25, 0.3) is 0 Å². The van der Waals surface area contributed by atoms with E-state index in [2.05, 4.69) is 6.07 Å². The summed E-state index contributed by atoms with van der Waals surface area (Å²) in [5.74, 6) is -1.39. The Labute approximate surface area is 148 Å². The van der Waals surface area contributed by atoms with Gasteiger partial charge in [0.05, 0.1) is 11.6 Å². The normalized spacial score (nSPS) is 11.8. The van der Waals surface area contributed by atoms with Crippen LogP contribution in [-0.4, -0.2) is 0 Å². The fraction of sp³-hybridized carbons (Fsp3) is 0.318. The monoisotopic (exact) mass is 339 g/mol. The zero-order valence-corrected chi connectivity index (χ0v) is 14.6. The molecule has 0 fully saturated rings. The Morgan fingerprint density at radius 1 is 0.880 bits per heavy atom. The summed E-state index contributed by atoms with van der Waals surface area (Å²) in [6.07, 6.45) is 4.40. The van der Waals surface area contributed by atoms with E-state index in [0.717, 1.165) is 36.8 Å². The Bertz CT molecular complexity index is 737. The number of benzene rings is 2. The molecule has 0 spiro atoms. The Kier molecular flexibility index (Phi) is 7.35.